The predicted octanol–water partition coefficient (Wildman–Crippen LogP) is 1.76. The van der Waals surface area contributed by atoms with Crippen LogP contribution < -0.4 is 10.5 Å². The molecule has 1 rings (SSSR count). The molecule has 0 fully saturated rings. The highest BCUT2D eigenvalue weighted by Gasteiger charge is 2.08. The van der Waals surface area contributed by atoms with E-state index in [1.807, 2.05) is 0 Å². The van der Waals surface area contributed by atoms with Crippen LogP contribution in [0.4, 0.5) is 8.78 Å². The molecule has 96 valence electrons. The van der Waals surface area contributed by atoms with Gasteiger partial charge >= 0.3 is 0 Å². The van der Waals surface area contributed by atoms with E-state index in [0.29, 0.717) is 12.2 Å². The Bertz CT molecular complexity index is 337. The van der Waals surface area contributed by atoms with Crippen molar-refractivity contribution >= 4 is 0 Å². The molecule has 0 aromatic carbocycles. The Balaban J connectivity index is 2.38. The minimum atomic E-state index is -2.44. The molecule has 0 amide bonds. The standard InChI is InChI=1S/C11H16F2N2O2/c1-16-9-4-8(5-15-6-9)10(14)2-3-17-7-11(12)13/h4-6,10-11H,2-3,7,14H2,1H3. The van der Waals surface area contributed by atoms with Crippen LogP contribution in [0.1, 0.15) is 18.0 Å². The van der Waals surface area contributed by atoms with Gasteiger partial charge in [0.1, 0.15) is 12.4 Å². The third kappa shape index (κ3) is 5.06. The molecule has 1 aromatic rings. The van der Waals surface area contributed by atoms with Crippen LogP contribution in [0, 0.1) is 0 Å². The van der Waals surface area contributed by atoms with Gasteiger partial charge in [0.05, 0.1) is 13.3 Å². The van der Waals surface area contributed by atoms with Gasteiger partial charge in [0.25, 0.3) is 6.43 Å². The van der Waals surface area contributed by atoms with Gasteiger partial charge in [0.15, 0.2) is 0 Å². The molecule has 17 heavy (non-hydrogen) atoms. The van der Waals surface area contributed by atoms with Crippen molar-refractivity contribution in [3.63, 3.8) is 0 Å². The van der Waals surface area contributed by atoms with Gasteiger partial charge in [-0.2, -0.15) is 0 Å². The van der Waals surface area contributed by atoms with Crippen LogP contribution in [0.3, 0.4) is 0 Å². The molecule has 0 aliphatic rings. The number of hydrogen-bond donors (Lipinski definition) is 1. The topological polar surface area (TPSA) is 57.4 Å². The number of halogens is 2. The summed E-state index contributed by atoms with van der Waals surface area (Å²) in [6.45, 7) is -0.355. The minimum Gasteiger partial charge on any atom is -0.495 e. The summed E-state index contributed by atoms with van der Waals surface area (Å²) in [5.41, 5.74) is 6.67. The summed E-state index contributed by atoms with van der Waals surface area (Å²) in [5, 5.41) is 0. The molecule has 0 aliphatic heterocycles. The zero-order valence-electron chi connectivity index (χ0n) is 9.61. The lowest BCUT2D eigenvalue weighted by Crippen LogP contribution is -2.15. The number of methoxy groups -OCH3 is 1. The number of nitrogens with two attached hydrogens (primary N) is 1. The summed E-state index contributed by atoms with van der Waals surface area (Å²) in [4.78, 5) is 3.97. The van der Waals surface area contributed by atoms with Gasteiger partial charge in [-0.25, -0.2) is 8.78 Å². The first-order valence-electron chi connectivity index (χ1n) is 5.24. The highest BCUT2D eigenvalue weighted by atomic mass is 19.3. The Morgan fingerprint density at radius 2 is 2.18 bits per heavy atom. The molecule has 0 aliphatic carbocycles. The number of aromatic nitrogens is 1. The Kier molecular flexibility index (Phi) is 5.79. The van der Waals surface area contributed by atoms with Crippen LogP contribution in [-0.2, 0) is 4.74 Å². The maximum Gasteiger partial charge on any atom is 0.261 e. The molecule has 1 unspecified atom stereocenters. The van der Waals surface area contributed by atoms with E-state index in [4.69, 9.17) is 15.2 Å². The molecular formula is C11H16F2N2O2. The van der Waals surface area contributed by atoms with Gasteiger partial charge in [0.2, 0.25) is 0 Å². The molecular weight excluding hydrogens is 230 g/mol. The van der Waals surface area contributed by atoms with E-state index in [9.17, 15) is 8.78 Å². The number of hydrogen-bond acceptors (Lipinski definition) is 4. The lowest BCUT2D eigenvalue weighted by molar-refractivity contribution is 0.0152. The lowest BCUT2D eigenvalue weighted by Gasteiger charge is -2.12. The van der Waals surface area contributed by atoms with E-state index in [0.717, 1.165) is 5.56 Å². The predicted molar refractivity (Wildman–Crippen MR) is 59.2 cm³/mol. The first-order valence-corrected chi connectivity index (χ1v) is 5.24. The minimum absolute atomic E-state index is 0.197. The Morgan fingerprint density at radius 3 is 2.82 bits per heavy atom. The van der Waals surface area contributed by atoms with Crippen LogP contribution in [0.15, 0.2) is 18.5 Å². The van der Waals surface area contributed by atoms with Crippen molar-refractivity contribution in [3.05, 3.63) is 24.0 Å². The largest absolute Gasteiger partial charge is 0.495 e. The maximum atomic E-state index is 11.8. The van der Waals surface area contributed by atoms with Crippen LogP contribution in [0.2, 0.25) is 0 Å². The fourth-order valence-electron chi connectivity index (χ4n) is 1.30. The zero-order valence-corrected chi connectivity index (χ0v) is 9.61. The Labute approximate surface area is 98.7 Å². The molecule has 1 atom stereocenters. The molecule has 0 saturated heterocycles. The van der Waals surface area contributed by atoms with E-state index < -0.39 is 13.0 Å². The van der Waals surface area contributed by atoms with E-state index >= 15 is 0 Å². The molecule has 4 nitrogen and oxygen atoms in total. The average Bonchev–Trinajstić information content (AvgIpc) is 2.34. The number of ether oxygens (including phenoxy) is 2. The SMILES string of the molecule is COc1cncc(C(N)CCOCC(F)F)c1. The average molecular weight is 246 g/mol. The van der Waals surface area contributed by atoms with Gasteiger partial charge in [-0.05, 0) is 18.1 Å². The van der Waals surface area contributed by atoms with Gasteiger partial charge in [0, 0.05) is 18.8 Å². The maximum absolute atomic E-state index is 11.8. The number of alkyl halides is 2. The number of rotatable bonds is 7. The fraction of sp³-hybridized carbons (Fsp3) is 0.545. The molecule has 6 heteroatoms. The van der Waals surface area contributed by atoms with E-state index in [-0.39, 0.29) is 12.6 Å². The summed E-state index contributed by atoms with van der Waals surface area (Å²) in [7, 11) is 1.54. The molecule has 0 saturated carbocycles. The van der Waals surface area contributed by atoms with Gasteiger partial charge in [-0.15, -0.1) is 0 Å². The van der Waals surface area contributed by atoms with Crippen molar-refractivity contribution in [2.75, 3.05) is 20.3 Å². The molecule has 0 bridgehead atoms. The Morgan fingerprint density at radius 1 is 1.41 bits per heavy atom. The van der Waals surface area contributed by atoms with Gasteiger partial charge < -0.3 is 15.2 Å². The molecule has 2 N–H and O–H groups in total. The van der Waals surface area contributed by atoms with Crippen molar-refractivity contribution in [3.8, 4) is 5.75 Å². The normalized spacial score (nSPS) is 12.8. The molecule has 0 spiro atoms. The second kappa shape index (κ2) is 7.13. The van der Waals surface area contributed by atoms with Crippen molar-refractivity contribution in [1.82, 2.24) is 4.98 Å². The monoisotopic (exact) mass is 246 g/mol. The van der Waals surface area contributed by atoms with E-state index in [1.165, 1.54) is 7.11 Å². The molecule has 0 radical (unpaired) electrons. The van der Waals surface area contributed by atoms with Crippen LogP contribution in [0.25, 0.3) is 0 Å². The quantitative estimate of drug-likeness (QED) is 0.745. The van der Waals surface area contributed by atoms with E-state index in [2.05, 4.69) is 4.98 Å². The third-order valence-electron chi connectivity index (χ3n) is 2.22. The summed E-state index contributed by atoms with van der Waals surface area (Å²) in [5.74, 6) is 0.617. The first kappa shape index (κ1) is 13.8. The van der Waals surface area contributed by atoms with Crippen LogP contribution >= 0.6 is 0 Å². The highest BCUT2D eigenvalue weighted by molar-refractivity contribution is 5.25. The first-order chi connectivity index (χ1) is 8.13. The van der Waals surface area contributed by atoms with Crippen LogP contribution in [0.5, 0.6) is 5.75 Å². The number of nitrogens with zero attached hydrogens (tertiary/aromatic N) is 1. The van der Waals surface area contributed by atoms with Crippen molar-refractivity contribution in [2.45, 2.75) is 18.9 Å². The molecule has 1 heterocycles. The zero-order chi connectivity index (χ0) is 12.7. The third-order valence-corrected chi connectivity index (χ3v) is 2.22. The molecule has 1 aromatic heterocycles. The lowest BCUT2D eigenvalue weighted by atomic mass is 10.1. The van der Waals surface area contributed by atoms with Gasteiger partial charge in [-0.1, -0.05) is 0 Å². The summed E-state index contributed by atoms with van der Waals surface area (Å²) < 4.78 is 33.4. The highest BCUT2D eigenvalue weighted by Crippen LogP contribution is 2.18. The van der Waals surface area contributed by atoms with Crippen molar-refractivity contribution < 1.29 is 18.3 Å². The van der Waals surface area contributed by atoms with Gasteiger partial charge in [-0.3, -0.25) is 4.98 Å². The van der Waals surface area contributed by atoms with Crippen molar-refractivity contribution in [2.24, 2.45) is 5.73 Å². The second-order valence-electron chi connectivity index (χ2n) is 3.52. The van der Waals surface area contributed by atoms with Crippen molar-refractivity contribution in [1.29, 1.82) is 0 Å². The van der Waals surface area contributed by atoms with E-state index in [1.54, 1.807) is 18.5 Å². The summed E-state index contributed by atoms with van der Waals surface area (Å²) in [6, 6.07) is 1.47. The fourth-order valence-corrected chi connectivity index (χ4v) is 1.30. The van der Waals surface area contributed by atoms with Crippen LogP contribution in [-0.4, -0.2) is 31.7 Å². The summed E-state index contributed by atoms with van der Waals surface area (Å²) >= 11 is 0. The summed E-state index contributed by atoms with van der Waals surface area (Å²) in [6.07, 6.45) is 1.22. The smallest absolute Gasteiger partial charge is 0.261 e. The number of pyridine rings is 1. The second-order valence-corrected chi connectivity index (χ2v) is 3.52. The Hall–Kier alpha value is -1.27.